The third-order valence-corrected chi connectivity index (χ3v) is 10.4. The number of amides is 4. The van der Waals surface area contributed by atoms with Crippen LogP contribution in [0.15, 0.2) is 18.2 Å². The first-order chi connectivity index (χ1) is 21.4. The molecule has 1 aromatic carbocycles. The minimum atomic E-state index is -1.06. The molecule has 0 spiro atoms. The number of carbonyl (C=O) groups excluding carboxylic acids is 4. The van der Waals surface area contributed by atoms with Crippen molar-refractivity contribution in [3.8, 4) is 0 Å². The molecule has 0 unspecified atom stereocenters. The molecule has 46 heavy (non-hydrogen) atoms. The van der Waals surface area contributed by atoms with Gasteiger partial charge < -0.3 is 24.7 Å². The lowest BCUT2D eigenvalue weighted by Gasteiger charge is -2.45. The normalized spacial score (nSPS) is 25.2. The second kappa shape index (κ2) is 13.6. The summed E-state index contributed by atoms with van der Waals surface area (Å²) in [4.78, 5) is 61.8. The highest BCUT2D eigenvalue weighted by Gasteiger charge is 2.51. The first-order valence-corrected chi connectivity index (χ1v) is 16.6. The number of aliphatic hydroxyl groups excluding tert-OH is 1. The molecule has 1 aromatic rings. The minimum Gasteiger partial charge on any atom is -0.395 e. The lowest BCUT2D eigenvalue weighted by molar-refractivity contribution is -0.149. The number of hydrogen-bond acceptors (Lipinski definition) is 5. The van der Waals surface area contributed by atoms with E-state index in [1.54, 1.807) is 46.7 Å². The fourth-order valence-electron chi connectivity index (χ4n) is 7.43. The molecule has 4 amide bonds. The molecule has 2 heterocycles. The Kier molecular flexibility index (Phi) is 10.6. The van der Waals surface area contributed by atoms with Crippen LogP contribution in [0.1, 0.15) is 85.1 Å². The topological polar surface area (TPSA) is 101 Å². The van der Waals surface area contributed by atoms with Gasteiger partial charge in [-0.25, -0.2) is 8.78 Å². The molecule has 11 heteroatoms. The molecule has 0 radical (unpaired) electrons. The molecule has 1 aliphatic carbocycles. The van der Waals surface area contributed by atoms with Crippen molar-refractivity contribution in [1.29, 1.82) is 0 Å². The van der Waals surface area contributed by atoms with E-state index >= 15 is 4.39 Å². The van der Waals surface area contributed by atoms with E-state index in [1.165, 1.54) is 15.9 Å². The average molecular weight is 647 g/mol. The Bertz CT molecular complexity index is 1320. The summed E-state index contributed by atoms with van der Waals surface area (Å²) in [6, 6.07) is 1.82. The van der Waals surface area contributed by atoms with Gasteiger partial charge in [0.05, 0.1) is 24.0 Å². The number of likely N-dealkylation sites (tertiary alicyclic amines) is 2. The molecule has 3 fully saturated rings. The van der Waals surface area contributed by atoms with Crippen LogP contribution in [0, 0.1) is 34.3 Å². The lowest BCUT2D eigenvalue weighted by atomic mass is 9.74. The molecule has 4 rings (SSSR count). The van der Waals surface area contributed by atoms with Gasteiger partial charge in [0.25, 0.3) is 0 Å². The number of hydrogen-bond donors (Lipinski definition) is 1. The summed E-state index contributed by atoms with van der Waals surface area (Å²) in [7, 11) is 3.24. The van der Waals surface area contributed by atoms with Crippen LogP contribution in [-0.4, -0.2) is 107 Å². The number of halogens is 2. The maximum absolute atomic E-state index is 15.2. The van der Waals surface area contributed by atoms with Crippen molar-refractivity contribution in [2.75, 3.05) is 40.3 Å². The zero-order valence-electron chi connectivity index (χ0n) is 28.7. The summed E-state index contributed by atoms with van der Waals surface area (Å²) >= 11 is 0. The van der Waals surface area contributed by atoms with Crippen LogP contribution >= 0.6 is 0 Å². The lowest BCUT2D eigenvalue weighted by Crippen LogP contribution is -2.55. The third kappa shape index (κ3) is 7.24. The maximum Gasteiger partial charge on any atom is 0.244 e. The van der Waals surface area contributed by atoms with Crippen LogP contribution in [0.25, 0.3) is 0 Å². The second-order valence-corrected chi connectivity index (χ2v) is 15.6. The summed E-state index contributed by atoms with van der Waals surface area (Å²) in [6.07, 6.45) is 3.62. The van der Waals surface area contributed by atoms with Gasteiger partial charge in [-0.05, 0) is 63.0 Å². The van der Waals surface area contributed by atoms with Crippen molar-refractivity contribution in [2.24, 2.45) is 22.7 Å². The van der Waals surface area contributed by atoms with Crippen molar-refractivity contribution >= 4 is 23.6 Å². The van der Waals surface area contributed by atoms with Gasteiger partial charge in [0.15, 0.2) is 0 Å². The fourth-order valence-corrected chi connectivity index (χ4v) is 7.43. The van der Waals surface area contributed by atoms with Crippen LogP contribution < -0.4 is 0 Å². The zero-order valence-corrected chi connectivity index (χ0v) is 28.7. The van der Waals surface area contributed by atoms with Crippen LogP contribution in [0.5, 0.6) is 0 Å². The maximum atomic E-state index is 15.2. The van der Waals surface area contributed by atoms with Crippen molar-refractivity contribution in [1.82, 2.24) is 19.6 Å². The fraction of sp³-hybridized carbons (Fsp3) is 0.714. The Balaban J connectivity index is 1.73. The van der Waals surface area contributed by atoms with Crippen LogP contribution in [0.3, 0.4) is 0 Å². The summed E-state index contributed by atoms with van der Waals surface area (Å²) in [6.45, 7) is 11.2. The molecule has 0 bridgehead atoms. The standard InChI is InChI=1S/C35H52F2N4O5/c1-21(2)30(43)39-18-26(25-10-9-22(36)15-28(25)37)27(19-39)31(44)40-17-24(16-29(40)32(45)38(7)8)41(33(46)35(5,6)20-42)23-11-13-34(3,4)14-12-23/h9-10,15,21,23-24,26-27,29,42H,11-14,16-20H2,1-8H3/t24-,26-,27+,29-/m0/s1. The predicted molar refractivity (Wildman–Crippen MR) is 170 cm³/mol. The van der Waals surface area contributed by atoms with Crippen molar-refractivity contribution < 1.29 is 33.1 Å². The van der Waals surface area contributed by atoms with E-state index in [1.807, 2.05) is 4.90 Å². The van der Waals surface area contributed by atoms with E-state index in [4.69, 9.17) is 0 Å². The molecule has 9 nitrogen and oxygen atoms in total. The average Bonchev–Trinajstić information content (AvgIpc) is 3.62. The highest BCUT2D eigenvalue weighted by atomic mass is 19.1. The molecule has 0 aromatic heterocycles. The second-order valence-electron chi connectivity index (χ2n) is 15.6. The molecular formula is C35H52F2N4O5. The van der Waals surface area contributed by atoms with Crippen molar-refractivity contribution in [2.45, 2.75) is 97.7 Å². The number of benzene rings is 1. The smallest absolute Gasteiger partial charge is 0.244 e. The predicted octanol–water partition coefficient (Wildman–Crippen LogP) is 4.04. The first kappa shape index (κ1) is 35.8. The van der Waals surface area contributed by atoms with Gasteiger partial charge >= 0.3 is 0 Å². The van der Waals surface area contributed by atoms with Crippen molar-refractivity contribution in [3.63, 3.8) is 0 Å². The van der Waals surface area contributed by atoms with Gasteiger partial charge in [-0.1, -0.05) is 33.8 Å². The largest absolute Gasteiger partial charge is 0.395 e. The molecule has 2 aliphatic heterocycles. The van der Waals surface area contributed by atoms with Gasteiger partial charge in [0.1, 0.15) is 17.7 Å². The summed E-state index contributed by atoms with van der Waals surface area (Å²) in [5.74, 6) is -4.54. The van der Waals surface area contributed by atoms with E-state index in [2.05, 4.69) is 13.8 Å². The summed E-state index contributed by atoms with van der Waals surface area (Å²) in [5, 5.41) is 10.2. The van der Waals surface area contributed by atoms with Crippen LogP contribution in [-0.2, 0) is 19.2 Å². The monoisotopic (exact) mass is 646 g/mol. The van der Waals surface area contributed by atoms with E-state index in [0.29, 0.717) is 0 Å². The van der Waals surface area contributed by atoms with Gasteiger partial charge in [0.2, 0.25) is 23.6 Å². The van der Waals surface area contributed by atoms with E-state index in [9.17, 15) is 28.7 Å². The Hall–Kier alpha value is -3.08. The number of aliphatic hydroxyl groups is 1. The Morgan fingerprint density at radius 3 is 2.20 bits per heavy atom. The molecular weight excluding hydrogens is 594 g/mol. The van der Waals surface area contributed by atoms with E-state index in [0.717, 1.165) is 37.8 Å². The molecule has 1 saturated carbocycles. The molecule has 2 saturated heterocycles. The third-order valence-electron chi connectivity index (χ3n) is 10.4. The molecule has 4 atom stereocenters. The Labute approximate surface area is 272 Å². The van der Waals surface area contributed by atoms with Gasteiger partial charge in [-0.3, -0.25) is 19.2 Å². The highest BCUT2D eigenvalue weighted by Crippen LogP contribution is 2.42. The quantitative estimate of drug-likeness (QED) is 0.460. The highest BCUT2D eigenvalue weighted by molar-refractivity contribution is 5.91. The SMILES string of the molecule is CC(C)C(=O)N1C[C@@H](C(=O)N2C[C@@H](N(C(=O)C(C)(C)CO)C3CCC(C)(C)CC3)C[C@H]2C(=O)N(C)C)[C@H](c2ccc(F)cc2F)C1. The summed E-state index contributed by atoms with van der Waals surface area (Å²) in [5.41, 5.74) is -0.762. The van der Waals surface area contributed by atoms with Crippen LogP contribution in [0.2, 0.25) is 0 Å². The minimum absolute atomic E-state index is 0.0409. The summed E-state index contributed by atoms with van der Waals surface area (Å²) < 4.78 is 29.1. The first-order valence-electron chi connectivity index (χ1n) is 16.6. The van der Waals surface area contributed by atoms with Gasteiger partial charge in [-0.2, -0.15) is 0 Å². The van der Waals surface area contributed by atoms with Gasteiger partial charge in [0, 0.05) is 57.7 Å². The van der Waals surface area contributed by atoms with Crippen LogP contribution in [0.4, 0.5) is 8.78 Å². The Morgan fingerprint density at radius 1 is 1.02 bits per heavy atom. The molecule has 1 N–H and O–H groups in total. The number of carbonyl (C=O) groups is 4. The van der Waals surface area contributed by atoms with E-state index < -0.39 is 46.9 Å². The van der Waals surface area contributed by atoms with Crippen molar-refractivity contribution in [3.05, 3.63) is 35.4 Å². The van der Waals surface area contributed by atoms with E-state index in [-0.39, 0.29) is 73.3 Å². The van der Waals surface area contributed by atoms with Gasteiger partial charge in [-0.15, -0.1) is 0 Å². The Morgan fingerprint density at radius 2 is 1.65 bits per heavy atom. The molecule has 256 valence electrons. The zero-order chi connectivity index (χ0) is 34.3. The molecule has 3 aliphatic rings. The number of rotatable bonds is 8. The number of nitrogens with zero attached hydrogens (tertiary/aromatic N) is 4. The number of likely N-dealkylation sites (N-methyl/N-ethyl adjacent to an activating group) is 1.